The maximum atomic E-state index is 14.4. The Kier molecular flexibility index (Phi) is 11.8. The fraction of sp³-hybridized carbons (Fsp3) is 0.429. The fourth-order valence-corrected chi connectivity index (χ4v) is 5.78. The van der Waals surface area contributed by atoms with Gasteiger partial charge < -0.3 is 28.6 Å². The van der Waals surface area contributed by atoms with Crippen molar-refractivity contribution >= 4 is 35.1 Å². The molecule has 1 aliphatic heterocycles. The molecule has 1 unspecified atom stereocenters. The van der Waals surface area contributed by atoms with Crippen LogP contribution in [-0.2, 0) is 30.4 Å². The van der Waals surface area contributed by atoms with Crippen LogP contribution in [0.3, 0.4) is 0 Å². The number of nitrogens with zero attached hydrogens (tertiary/aromatic N) is 1. The van der Waals surface area contributed by atoms with E-state index in [0.717, 1.165) is 16.7 Å². The molecule has 1 heterocycles. The Morgan fingerprint density at radius 2 is 1.64 bits per heavy atom. The Morgan fingerprint density at radius 1 is 0.933 bits per heavy atom. The van der Waals surface area contributed by atoms with Crippen molar-refractivity contribution in [2.24, 2.45) is 0 Å². The first-order valence-electron chi connectivity index (χ1n) is 14.9. The molecule has 4 rings (SSSR count). The van der Waals surface area contributed by atoms with Gasteiger partial charge in [-0.1, -0.05) is 60.5 Å². The summed E-state index contributed by atoms with van der Waals surface area (Å²) >= 11 is 12.7. The van der Waals surface area contributed by atoms with Crippen molar-refractivity contribution in [1.82, 2.24) is 4.90 Å². The minimum absolute atomic E-state index is 0.236. The number of benzene rings is 3. The van der Waals surface area contributed by atoms with Gasteiger partial charge in [0.15, 0.2) is 11.5 Å². The molecule has 1 fully saturated rings. The first-order chi connectivity index (χ1) is 21.4. The molecule has 4 atom stereocenters. The molecule has 3 aromatic rings. The Balaban J connectivity index is 1.70. The van der Waals surface area contributed by atoms with E-state index in [0.29, 0.717) is 34.6 Å². The van der Waals surface area contributed by atoms with Gasteiger partial charge in [0.2, 0.25) is 0 Å². The average Bonchev–Trinajstić information content (AvgIpc) is 3.00. The highest BCUT2D eigenvalue weighted by Crippen LogP contribution is 2.45. The molecule has 0 spiro atoms. The zero-order valence-electron chi connectivity index (χ0n) is 26.5. The molecule has 0 saturated carbocycles. The smallest absolute Gasteiger partial charge is 0.309 e. The molecule has 1 amide bonds. The standard InChI is InChI=1S/C35H41Cl2NO7/c1-7-27(21-43-20-22-11-16-28(41-5)29(17-22)42-6)38-32(23-12-14-25(36)15-13-23)33(24-9-8-10-26(37)18-24)44-30(34(38)40)19-31(39)45-35(2,3)4/h8-18,27,30,32-33H,7,19-21H2,1-6H3/t27?,30-,32-,33-/m1/s1. The van der Waals surface area contributed by atoms with Crippen molar-refractivity contribution in [2.75, 3.05) is 20.8 Å². The number of hydrogen-bond donors (Lipinski definition) is 0. The molecule has 0 bridgehead atoms. The lowest BCUT2D eigenvalue weighted by molar-refractivity contribution is -0.188. The second-order valence-electron chi connectivity index (χ2n) is 11.9. The van der Waals surface area contributed by atoms with E-state index in [1.165, 1.54) is 0 Å². The van der Waals surface area contributed by atoms with E-state index >= 15 is 0 Å². The van der Waals surface area contributed by atoms with Crippen molar-refractivity contribution in [2.45, 2.75) is 77.0 Å². The number of halogens is 2. The number of carbonyl (C=O) groups excluding carboxylic acids is 2. The van der Waals surface area contributed by atoms with Crippen LogP contribution in [0.25, 0.3) is 0 Å². The van der Waals surface area contributed by atoms with Gasteiger partial charge in [0.25, 0.3) is 5.91 Å². The van der Waals surface area contributed by atoms with Crippen LogP contribution in [0.1, 0.15) is 69.4 Å². The number of amides is 1. The number of esters is 1. The van der Waals surface area contributed by atoms with E-state index in [1.54, 1.807) is 53.2 Å². The topological polar surface area (TPSA) is 83.5 Å². The lowest BCUT2D eigenvalue weighted by Crippen LogP contribution is -2.56. The average molecular weight is 659 g/mol. The molecular weight excluding hydrogens is 617 g/mol. The maximum absolute atomic E-state index is 14.4. The summed E-state index contributed by atoms with van der Waals surface area (Å²) in [7, 11) is 3.17. The number of hydrogen-bond acceptors (Lipinski definition) is 7. The van der Waals surface area contributed by atoms with Gasteiger partial charge in [-0.2, -0.15) is 0 Å². The van der Waals surface area contributed by atoms with Crippen LogP contribution in [0.5, 0.6) is 11.5 Å². The molecule has 1 saturated heterocycles. The van der Waals surface area contributed by atoms with Crippen molar-refractivity contribution < 1.29 is 33.3 Å². The minimum atomic E-state index is -1.08. The second kappa shape index (κ2) is 15.3. The van der Waals surface area contributed by atoms with Crippen molar-refractivity contribution in [1.29, 1.82) is 0 Å². The van der Waals surface area contributed by atoms with Crippen LogP contribution >= 0.6 is 23.2 Å². The summed E-state index contributed by atoms with van der Waals surface area (Å²) < 4.78 is 29.1. The zero-order valence-corrected chi connectivity index (χ0v) is 28.1. The van der Waals surface area contributed by atoms with Gasteiger partial charge in [-0.25, -0.2) is 0 Å². The van der Waals surface area contributed by atoms with Crippen LogP contribution in [0.2, 0.25) is 10.0 Å². The van der Waals surface area contributed by atoms with Crippen molar-refractivity contribution in [3.05, 3.63) is 93.5 Å². The Hall–Kier alpha value is -3.30. The second-order valence-corrected chi connectivity index (χ2v) is 12.8. The van der Waals surface area contributed by atoms with Crippen LogP contribution in [0.15, 0.2) is 66.7 Å². The van der Waals surface area contributed by atoms with Crippen LogP contribution in [0.4, 0.5) is 0 Å². The van der Waals surface area contributed by atoms with Crippen LogP contribution in [-0.4, -0.2) is 55.3 Å². The Bertz CT molecular complexity index is 1460. The lowest BCUT2D eigenvalue weighted by Gasteiger charge is -2.48. The summed E-state index contributed by atoms with van der Waals surface area (Å²) in [6.07, 6.45) is -1.37. The number of methoxy groups -OCH3 is 2. The summed E-state index contributed by atoms with van der Waals surface area (Å²) in [5, 5.41) is 1.10. The summed E-state index contributed by atoms with van der Waals surface area (Å²) in [6, 6.07) is 19.4. The van der Waals surface area contributed by atoms with Crippen LogP contribution in [0, 0.1) is 0 Å². The van der Waals surface area contributed by atoms with Gasteiger partial charge >= 0.3 is 5.97 Å². The highest BCUT2D eigenvalue weighted by molar-refractivity contribution is 6.30. The van der Waals surface area contributed by atoms with Crippen molar-refractivity contribution in [3.8, 4) is 11.5 Å². The molecule has 1 aliphatic rings. The number of morpholine rings is 1. The fourth-order valence-electron chi connectivity index (χ4n) is 5.45. The number of carbonyl (C=O) groups is 2. The van der Waals surface area contributed by atoms with E-state index in [9.17, 15) is 9.59 Å². The first kappa shape index (κ1) is 34.6. The number of ether oxygens (including phenoxy) is 5. The molecule has 10 heteroatoms. The van der Waals surface area contributed by atoms with E-state index in [4.69, 9.17) is 46.9 Å². The third kappa shape index (κ3) is 8.91. The quantitative estimate of drug-likeness (QED) is 0.184. The Labute approximate surface area is 275 Å². The van der Waals surface area contributed by atoms with Gasteiger partial charge in [-0.05, 0) is 80.3 Å². The zero-order chi connectivity index (χ0) is 32.7. The molecule has 8 nitrogen and oxygen atoms in total. The monoisotopic (exact) mass is 657 g/mol. The highest BCUT2D eigenvalue weighted by atomic mass is 35.5. The summed E-state index contributed by atoms with van der Waals surface area (Å²) in [5.74, 6) is 0.389. The molecule has 0 radical (unpaired) electrons. The molecular formula is C35H41Cl2NO7. The molecule has 0 aromatic heterocycles. The SMILES string of the molecule is CCC(COCc1ccc(OC)c(OC)c1)N1C(=O)[C@@H](CC(=O)OC(C)(C)C)O[C@H](c2cccc(Cl)c2)[C@H]1c1ccc(Cl)cc1. The molecule has 0 N–H and O–H groups in total. The van der Waals surface area contributed by atoms with Crippen molar-refractivity contribution in [3.63, 3.8) is 0 Å². The van der Waals surface area contributed by atoms with E-state index in [-0.39, 0.29) is 25.0 Å². The van der Waals surface area contributed by atoms with E-state index < -0.39 is 29.8 Å². The highest BCUT2D eigenvalue weighted by Gasteiger charge is 2.47. The summed E-state index contributed by atoms with van der Waals surface area (Å²) in [4.78, 5) is 29.2. The van der Waals surface area contributed by atoms with E-state index in [1.807, 2.05) is 60.4 Å². The molecule has 242 valence electrons. The molecule has 45 heavy (non-hydrogen) atoms. The third-order valence-corrected chi connectivity index (χ3v) is 7.97. The molecule has 0 aliphatic carbocycles. The van der Waals surface area contributed by atoms with Crippen LogP contribution < -0.4 is 9.47 Å². The first-order valence-corrected chi connectivity index (χ1v) is 15.7. The molecule has 3 aromatic carbocycles. The Morgan fingerprint density at radius 3 is 2.27 bits per heavy atom. The van der Waals surface area contributed by atoms with Gasteiger partial charge in [0.1, 0.15) is 17.8 Å². The maximum Gasteiger partial charge on any atom is 0.309 e. The summed E-state index contributed by atoms with van der Waals surface area (Å²) in [5.41, 5.74) is 1.78. The predicted molar refractivity (Wildman–Crippen MR) is 174 cm³/mol. The normalized spacial score (nSPS) is 19.2. The minimum Gasteiger partial charge on any atom is -0.493 e. The van der Waals surface area contributed by atoms with E-state index in [2.05, 4.69) is 0 Å². The number of rotatable bonds is 12. The predicted octanol–water partition coefficient (Wildman–Crippen LogP) is 7.75. The van der Waals surface area contributed by atoms with Gasteiger partial charge in [0, 0.05) is 10.0 Å². The lowest BCUT2D eigenvalue weighted by atomic mass is 9.89. The van der Waals surface area contributed by atoms with Gasteiger partial charge in [0.05, 0.1) is 45.9 Å². The third-order valence-electron chi connectivity index (χ3n) is 7.48. The summed E-state index contributed by atoms with van der Waals surface area (Å²) in [6.45, 7) is 7.89. The largest absolute Gasteiger partial charge is 0.493 e. The van der Waals surface area contributed by atoms with Gasteiger partial charge in [-0.15, -0.1) is 0 Å². The van der Waals surface area contributed by atoms with Gasteiger partial charge in [-0.3, -0.25) is 9.59 Å².